The van der Waals surface area contributed by atoms with Crippen LogP contribution in [0.15, 0.2) is 30.3 Å². The zero-order chi connectivity index (χ0) is 12.6. The standard InChI is InChI=1S/C14H16FNS/c1-9-4-6-11(8-12(9)15)14(3,16)13-7-5-10(2)17-13/h4-8H,16H2,1-3H3. The lowest BCUT2D eigenvalue weighted by atomic mass is 9.91. The highest BCUT2D eigenvalue weighted by molar-refractivity contribution is 7.12. The predicted molar refractivity (Wildman–Crippen MR) is 70.8 cm³/mol. The predicted octanol–water partition coefficient (Wildman–Crippen LogP) is 3.73. The highest BCUT2D eigenvalue weighted by atomic mass is 32.1. The minimum absolute atomic E-state index is 0.201. The maximum absolute atomic E-state index is 13.6. The summed E-state index contributed by atoms with van der Waals surface area (Å²) in [4.78, 5) is 2.27. The van der Waals surface area contributed by atoms with Gasteiger partial charge in [-0.1, -0.05) is 12.1 Å². The lowest BCUT2D eigenvalue weighted by Crippen LogP contribution is -2.33. The fourth-order valence-electron chi connectivity index (χ4n) is 1.77. The highest BCUT2D eigenvalue weighted by Crippen LogP contribution is 2.32. The average molecular weight is 249 g/mol. The van der Waals surface area contributed by atoms with E-state index in [4.69, 9.17) is 5.73 Å². The number of hydrogen-bond donors (Lipinski definition) is 1. The Balaban J connectivity index is 2.47. The Morgan fingerprint density at radius 3 is 2.41 bits per heavy atom. The van der Waals surface area contributed by atoms with Gasteiger partial charge < -0.3 is 5.73 Å². The molecule has 0 saturated carbocycles. The van der Waals surface area contributed by atoms with Crippen molar-refractivity contribution in [3.8, 4) is 0 Å². The van der Waals surface area contributed by atoms with Crippen LogP contribution in [0.25, 0.3) is 0 Å². The molecule has 2 rings (SSSR count). The van der Waals surface area contributed by atoms with Crippen LogP contribution < -0.4 is 5.73 Å². The fraction of sp³-hybridized carbons (Fsp3) is 0.286. The first-order valence-electron chi connectivity index (χ1n) is 5.53. The van der Waals surface area contributed by atoms with Gasteiger partial charge in [-0.3, -0.25) is 0 Å². The first-order valence-corrected chi connectivity index (χ1v) is 6.35. The van der Waals surface area contributed by atoms with Crippen LogP contribution in [-0.2, 0) is 5.54 Å². The Labute approximate surface area is 105 Å². The Kier molecular flexibility index (Phi) is 3.06. The summed E-state index contributed by atoms with van der Waals surface area (Å²) in [5, 5.41) is 0. The largest absolute Gasteiger partial charge is 0.317 e. The maximum atomic E-state index is 13.6. The molecular formula is C14H16FNS. The summed E-state index contributed by atoms with van der Waals surface area (Å²) < 4.78 is 13.6. The van der Waals surface area contributed by atoms with E-state index in [0.717, 1.165) is 10.4 Å². The number of benzene rings is 1. The monoisotopic (exact) mass is 249 g/mol. The van der Waals surface area contributed by atoms with E-state index in [1.165, 1.54) is 10.9 Å². The van der Waals surface area contributed by atoms with E-state index in [9.17, 15) is 4.39 Å². The van der Waals surface area contributed by atoms with Crippen LogP contribution in [0.1, 0.15) is 27.8 Å². The molecular weight excluding hydrogens is 233 g/mol. The molecule has 90 valence electrons. The molecule has 17 heavy (non-hydrogen) atoms. The van der Waals surface area contributed by atoms with Gasteiger partial charge in [0.2, 0.25) is 0 Å². The Morgan fingerprint density at radius 2 is 1.88 bits per heavy atom. The van der Waals surface area contributed by atoms with Crippen molar-refractivity contribution in [2.75, 3.05) is 0 Å². The van der Waals surface area contributed by atoms with Crippen molar-refractivity contribution in [3.63, 3.8) is 0 Å². The normalized spacial score (nSPS) is 14.6. The minimum atomic E-state index is -0.631. The van der Waals surface area contributed by atoms with E-state index < -0.39 is 5.54 Å². The quantitative estimate of drug-likeness (QED) is 0.862. The topological polar surface area (TPSA) is 26.0 Å². The number of hydrogen-bond acceptors (Lipinski definition) is 2. The van der Waals surface area contributed by atoms with Crippen LogP contribution in [0.3, 0.4) is 0 Å². The number of aryl methyl sites for hydroxylation is 2. The second-order valence-electron chi connectivity index (χ2n) is 4.58. The van der Waals surface area contributed by atoms with Gasteiger partial charge in [-0.15, -0.1) is 11.3 Å². The minimum Gasteiger partial charge on any atom is -0.317 e. The molecule has 1 heterocycles. The van der Waals surface area contributed by atoms with Crippen LogP contribution in [0.5, 0.6) is 0 Å². The second-order valence-corrected chi connectivity index (χ2v) is 5.86. The highest BCUT2D eigenvalue weighted by Gasteiger charge is 2.25. The van der Waals surface area contributed by atoms with Gasteiger partial charge in [0.1, 0.15) is 5.82 Å². The van der Waals surface area contributed by atoms with E-state index in [1.54, 1.807) is 24.3 Å². The Hall–Kier alpha value is -1.19. The van der Waals surface area contributed by atoms with Crippen LogP contribution in [0.2, 0.25) is 0 Å². The van der Waals surface area contributed by atoms with Gasteiger partial charge in [0.05, 0.1) is 5.54 Å². The summed E-state index contributed by atoms with van der Waals surface area (Å²) in [5.74, 6) is -0.201. The molecule has 1 unspecified atom stereocenters. The third-order valence-electron chi connectivity index (χ3n) is 3.02. The van der Waals surface area contributed by atoms with Crippen molar-refractivity contribution in [2.45, 2.75) is 26.3 Å². The summed E-state index contributed by atoms with van der Waals surface area (Å²) in [6.45, 7) is 5.71. The van der Waals surface area contributed by atoms with Crippen LogP contribution in [-0.4, -0.2) is 0 Å². The summed E-state index contributed by atoms with van der Waals surface area (Å²) >= 11 is 1.65. The molecule has 3 heteroatoms. The van der Waals surface area contributed by atoms with Gasteiger partial charge in [0, 0.05) is 9.75 Å². The number of rotatable bonds is 2. The summed E-state index contributed by atoms with van der Waals surface area (Å²) in [6, 6.07) is 9.25. The van der Waals surface area contributed by atoms with Crippen LogP contribution in [0.4, 0.5) is 4.39 Å². The van der Waals surface area contributed by atoms with E-state index in [-0.39, 0.29) is 5.82 Å². The zero-order valence-corrected chi connectivity index (χ0v) is 11.1. The summed E-state index contributed by atoms with van der Waals surface area (Å²) in [7, 11) is 0. The lowest BCUT2D eigenvalue weighted by molar-refractivity contribution is 0.585. The molecule has 0 fully saturated rings. The third kappa shape index (κ3) is 2.26. The van der Waals surface area contributed by atoms with Crippen molar-refractivity contribution in [1.82, 2.24) is 0 Å². The smallest absolute Gasteiger partial charge is 0.126 e. The van der Waals surface area contributed by atoms with Crippen molar-refractivity contribution in [1.29, 1.82) is 0 Å². The molecule has 0 radical (unpaired) electrons. The molecule has 0 aliphatic carbocycles. The first-order chi connectivity index (χ1) is 7.91. The molecule has 2 aromatic rings. The number of halogens is 1. The maximum Gasteiger partial charge on any atom is 0.126 e. The molecule has 1 aromatic carbocycles. The summed E-state index contributed by atoms with van der Waals surface area (Å²) in [6.07, 6.45) is 0. The molecule has 0 amide bonds. The van der Waals surface area contributed by atoms with Crippen molar-refractivity contribution < 1.29 is 4.39 Å². The molecule has 0 aliphatic heterocycles. The van der Waals surface area contributed by atoms with Crippen LogP contribution in [0, 0.1) is 19.7 Å². The molecule has 1 aromatic heterocycles. The molecule has 0 aliphatic rings. The van der Waals surface area contributed by atoms with Crippen LogP contribution >= 0.6 is 11.3 Å². The van der Waals surface area contributed by atoms with Gasteiger partial charge in [-0.25, -0.2) is 4.39 Å². The van der Waals surface area contributed by atoms with E-state index in [2.05, 4.69) is 0 Å². The zero-order valence-electron chi connectivity index (χ0n) is 10.3. The van der Waals surface area contributed by atoms with Crippen molar-refractivity contribution in [3.05, 3.63) is 57.0 Å². The Bertz CT molecular complexity index is 543. The first kappa shape index (κ1) is 12.3. The second kappa shape index (κ2) is 4.24. The molecule has 1 atom stereocenters. The van der Waals surface area contributed by atoms with E-state index >= 15 is 0 Å². The fourth-order valence-corrected chi connectivity index (χ4v) is 2.72. The molecule has 2 N–H and O–H groups in total. The molecule has 1 nitrogen and oxygen atoms in total. The van der Waals surface area contributed by atoms with Gasteiger partial charge in [0.25, 0.3) is 0 Å². The van der Waals surface area contributed by atoms with Crippen molar-refractivity contribution in [2.24, 2.45) is 5.73 Å². The van der Waals surface area contributed by atoms with Gasteiger partial charge >= 0.3 is 0 Å². The lowest BCUT2D eigenvalue weighted by Gasteiger charge is -2.24. The Morgan fingerprint density at radius 1 is 1.18 bits per heavy atom. The number of thiophene rings is 1. The molecule has 0 saturated heterocycles. The average Bonchev–Trinajstić information content (AvgIpc) is 2.69. The van der Waals surface area contributed by atoms with Crippen molar-refractivity contribution >= 4 is 11.3 Å². The molecule has 0 spiro atoms. The van der Waals surface area contributed by atoms with E-state index in [0.29, 0.717) is 5.56 Å². The van der Waals surface area contributed by atoms with Gasteiger partial charge in [0.15, 0.2) is 0 Å². The van der Waals surface area contributed by atoms with Gasteiger partial charge in [-0.05, 0) is 50.1 Å². The third-order valence-corrected chi connectivity index (χ3v) is 4.26. The van der Waals surface area contributed by atoms with Gasteiger partial charge in [-0.2, -0.15) is 0 Å². The molecule has 0 bridgehead atoms. The summed E-state index contributed by atoms with van der Waals surface area (Å²) in [5.41, 5.74) is 7.16. The van der Waals surface area contributed by atoms with E-state index in [1.807, 2.05) is 32.0 Å². The SMILES string of the molecule is Cc1ccc(C(C)(N)c2ccc(C)c(F)c2)s1. The number of nitrogens with two attached hydrogens (primary N) is 1.